The number of ether oxygens (including phenoxy) is 1. The van der Waals surface area contributed by atoms with Gasteiger partial charge in [0.2, 0.25) is 5.91 Å². The molecule has 3 heterocycles. The van der Waals surface area contributed by atoms with E-state index < -0.39 is 5.91 Å². The summed E-state index contributed by atoms with van der Waals surface area (Å²) in [6.45, 7) is 4.81. The van der Waals surface area contributed by atoms with Crippen molar-refractivity contribution in [2.75, 3.05) is 13.1 Å². The van der Waals surface area contributed by atoms with Gasteiger partial charge in [-0.05, 0) is 55.3 Å². The van der Waals surface area contributed by atoms with Gasteiger partial charge < -0.3 is 15.4 Å². The van der Waals surface area contributed by atoms with E-state index in [0.717, 1.165) is 29.8 Å². The molecule has 2 amide bonds. The lowest BCUT2D eigenvalue weighted by Crippen LogP contribution is -2.37. The van der Waals surface area contributed by atoms with Crippen molar-refractivity contribution in [2.24, 2.45) is 5.73 Å². The Labute approximate surface area is 202 Å². The van der Waals surface area contributed by atoms with Crippen LogP contribution in [0.4, 0.5) is 0 Å². The number of amides is 2. The van der Waals surface area contributed by atoms with Gasteiger partial charge in [-0.25, -0.2) is 4.98 Å². The fraction of sp³-hybridized carbons (Fsp3) is 0.185. The van der Waals surface area contributed by atoms with Gasteiger partial charge in [-0.15, -0.1) is 0 Å². The van der Waals surface area contributed by atoms with E-state index in [-0.39, 0.29) is 11.8 Å². The summed E-state index contributed by atoms with van der Waals surface area (Å²) in [6, 6.07) is 16.9. The molecule has 8 nitrogen and oxygen atoms in total. The molecule has 35 heavy (non-hydrogen) atoms. The zero-order chi connectivity index (χ0) is 24.4. The molecular formula is C27H25N5O3. The van der Waals surface area contributed by atoms with Gasteiger partial charge in [0.15, 0.2) is 5.65 Å². The summed E-state index contributed by atoms with van der Waals surface area (Å²) in [5.41, 5.74) is 8.75. The Balaban J connectivity index is 1.47. The van der Waals surface area contributed by atoms with Crippen molar-refractivity contribution >= 4 is 17.5 Å². The number of rotatable bonds is 6. The molecule has 4 aromatic rings. The number of imidazole rings is 1. The van der Waals surface area contributed by atoms with E-state index in [2.05, 4.69) is 11.6 Å². The van der Waals surface area contributed by atoms with E-state index in [4.69, 9.17) is 15.5 Å². The molecule has 0 atom stereocenters. The highest BCUT2D eigenvalue weighted by atomic mass is 16.5. The Morgan fingerprint density at radius 1 is 1.03 bits per heavy atom. The molecule has 1 aliphatic heterocycles. The number of likely N-dealkylation sites (tertiary alicyclic amines) is 1. The number of carbonyl (C=O) groups excluding carboxylic acids is 2. The molecule has 0 radical (unpaired) electrons. The summed E-state index contributed by atoms with van der Waals surface area (Å²) in [4.78, 5) is 35.6. The van der Waals surface area contributed by atoms with E-state index in [0.29, 0.717) is 35.9 Å². The number of nitrogens with two attached hydrogens (primary N) is 1. The van der Waals surface area contributed by atoms with E-state index in [1.807, 2.05) is 54.6 Å². The maximum Gasteiger partial charge on any atom is 0.268 e. The molecule has 0 spiro atoms. The molecule has 2 N–H and O–H groups in total. The zero-order valence-electron chi connectivity index (χ0n) is 19.1. The van der Waals surface area contributed by atoms with Crippen LogP contribution in [0.5, 0.6) is 11.5 Å². The fourth-order valence-electron chi connectivity index (χ4n) is 4.53. The molecule has 2 aromatic carbocycles. The minimum absolute atomic E-state index is 0.0616. The normalized spacial score (nSPS) is 14.1. The van der Waals surface area contributed by atoms with E-state index in [1.165, 1.54) is 6.08 Å². The maximum atomic E-state index is 12.5. The largest absolute Gasteiger partial charge is 0.457 e. The van der Waals surface area contributed by atoms with Gasteiger partial charge >= 0.3 is 0 Å². The number of primary amides is 1. The number of nitrogens with zero attached hydrogens (tertiary/aromatic N) is 4. The van der Waals surface area contributed by atoms with Gasteiger partial charge in [0, 0.05) is 37.0 Å². The van der Waals surface area contributed by atoms with Crippen LogP contribution in [0.2, 0.25) is 0 Å². The molecule has 2 aromatic heterocycles. The van der Waals surface area contributed by atoms with Crippen LogP contribution >= 0.6 is 0 Å². The van der Waals surface area contributed by atoms with Crippen LogP contribution in [0.1, 0.15) is 34.9 Å². The first-order valence-corrected chi connectivity index (χ1v) is 11.5. The Morgan fingerprint density at radius 2 is 1.71 bits per heavy atom. The van der Waals surface area contributed by atoms with Crippen LogP contribution in [0.15, 0.2) is 79.6 Å². The van der Waals surface area contributed by atoms with Crippen LogP contribution in [0.3, 0.4) is 0 Å². The lowest BCUT2D eigenvalue weighted by atomic mass is 9.93. The highest BCUT2D eigenvalue weighted by Gasteiger charge is 2.28. The second-order valence-corrected chi connectivity index (χ2v) is 8.42. The highest BCUT2D eigenvalue weighted by Crippen LogP contribution is 2.33. The smallest absolute Gasteiger partial charge is 0.268 e. The minimum Gasteiger partial charge on any atom is -0.457 e. The van der Waals surface area contributed by atoms with Crippen molar-refractivity contribution in [1.82, 2.24) is 19.3 Å². The van der Waals surface area contributed by atoms with Crippen molar-refractivity contribution in [2.45, 2.75) is 18.8 Å². The third-order valence-electron chi connectivity index (χ3n) is 6.28. The summed E-state index contributed by atoms with van der Waals surface area (Å²) in [6.07, 6.45) is 6.23. The lowest BCUT2D eigenvalue weighted by Gasteiger charge is -2.31. The van der Waals surface area contributed by atoms with Gasteiger partial charge in [0.25, 0.3) is 5.91 Å². The minimum atomic E-state index is -0.569. The lowest BCUT2D eigenvalue weighted by molar-refractivity contribution is -0.127. The number of benzene rings is 2. The van der Waals surface area contributed by atoms with Crippen molar-refractivity contribution < 1.29 is 14.3 Å². The van der Waals surface area contributed by atoms with E-state index >= 15 is 0 Å². The second-order valence-electron chi connectivity index (χ2n) is 8.42. The predicted octanol–water partition coefficient (Wildman–Crippen LogP) is 4.18. The number of para-hydroxylation sites is 1. The molecule has 0 bridgehead atoms. The quantitative estimate of drug-likeness (QED) is 0.429. The van der Waals surface area contributed by atoms with Crippen LogP contribution < -0.4 is 10.5 Å². The summed E-state index contributed by atoms with van der Waals surface area (Å²) >= 11 is 0. The number of hydrogen-bond acceptors (Lipinski definition) is 5. The standard InChI is InChI=1S/C27H25N5O3/c1-2-22(33)31-15-12-19(13-16-31)24-27-30-23(25(26(28)34)32(27)17-14-29-24)18-8-10-21(11-9-18)35-20-6-4-3-5-7-20/h2-11,14,17,19H,1,12-13,15-16H2,(H2,28,34). The van der Waals surface area contributed by atoms with Gasteiger partial charge in [0.1, 0.15) is 22.9 Å². The number of fused-ring (bicyclic) bond motifs is 1. The monoisotopic (exact) mass is 467 g/mol. The molecular weight excluding hydrogens is 442 g/mol. The average molecular weight is 468 g/mol. The Morgan fingerprint density at radius 3 is 2.37 bits per heavy atom. The molecule has 1 fully saturated rings. The van der Waals surface area contributed by atoms with Gasteiger partial charge in [-0.1, -0.05) is 24.8 Å². The Bertz CT molecular complexity index is 1390. The molecule has 1 saturated heterocycles. The number of hydrogen-bond donors (Lipinski definition) is 1. The zero-order valence-corrected chi connectivity index (χ0v) is 19.1. The first-order chi connectivity index (χ1) is 17.0. The Hall–Kier alpha value is -4.46. The first-order valence-electron chi connectivity index (χ1n) is 11.5. The van der Waals surface area contributed by atoms with Crippen LogP contribution in [0, 0.1) is 0 Å². The number of carbonyl (C=O) groups is 2. The summed E-state index contributed by atoms with van der Waals surface area (Å²) < 4.78 is 7.59. The third kappa shape index (κ3) is 4.38. The van der Waals surface area contributed by atoms with Crippen LogP contribution in [-0.2, 0) is 4.79 Å². The average Bonchev–Trinajstić information content (AvgIpc) is 3.29. The molecule has 0 saturated carbocycles. The summed E-state index contributed by atoms with van der Waals surface area (Å²) in [7, 11) is 0. The first kappa shape index (κ1) is 22.3. The third-order valence-corrected chi connectivity index (χ3v) is 6.28. The second kappa shape index (κ2) is 9.42. The highest BCUT2D eigenvalue weighted by molar-refractivity contribution is 5.98. The van der Waals surface area contributed by atoms with Crippen LogP contribution in [-0.4, -0.2) is 44.2 Å². The van der Waals surface area contributed by atoms with Crippen molar-refractivity contribution in [3.05, 3.63) is 91.0 Å². The van der Waals surface area contributed by atoms with Crippen molar-refractivity contribution in [1.29, 1.82) is 0 Å². The predicted molar refractivity (Wildman–Crippen MR) is 132 cm³/mol. The van der Waals surface area contributed by atoms with Gasteiger partial charge in [-0.3, -0.25) is 19.0 Å². The maximum absolute atomic E-state index is 12.5. The number of piperidine rings is 1. The van der Waals surface area contributed by atoms with E-state index in [9.17, 15) is 9.59 Å². The fourth-order valence-corrected chi connectivity index (χ4v) is 4.53. The van der Waals surface area contributed by atoms with E-state index in [1.54, 1.807) is 21.7 Å². The molecule has 1 aliphatic rings. The van der Waals surface area contributed by atoms with Gasteiger partial charge in [-0.2, -0.15) is 0 Å². The molecule has 5 rings (SSSR count). The van der Waals surface area contributed by atoms with Crippen LogP contribution in [0.25, 0.3) is 16.9 Å². The summed E-state index contributed by atoms with van der Waals surface area (Å²) in [5, 5.41) is 0. The van der Waals surface area contributed by atoms with Gasteiger partial charge in [0.05, 0.1) is 5.69 Å². The van der Waals surface area contributed by atoms with Crippen molar-refractivity contribution in [3.8, 4) is 22.8 Å². The topological polar surface area (TPSA) is 103 Å². The molecule has 176 valence electrons. The molecule has 0 unspecified atom stereocenters. The Kier molecular flexibility index (Phi) is 6.01. The number of aromatic nitrogens is 3. The SMILES string of the molecule is C=CC(=O)N1CCC(c2nccn3c(C(N)=O)c(-c4ccc(Oc5ccccc5)cc4)nc23)CC1. The summed E-state index contributed by atoms with van der Waals surface area (Å²) in [5.74, 6) is 0.897. The van der Waals surface area contributed by atoms with Crippen molar-refractivity contribution in [3.63, 3.8) is 0 Å². The molecule has 8 heteroatoms. The molecule has 0 aliphatic carbocycles.